The summed E-state index contributed by atoms with van der Waals surface area (Å²) in [7, 11) is 0. The number of alkyl halides is 3. The Labute approximate surface area is 145 Å². The molecule has 23 heavy (non-hydrogen) atoms. The van der Waals surface area contributed by atoms with Gasteiger partial charge in [-0.3, -0.25) is 4.79 Å². The van der Waals surface area contributed by atoms with Gasteiger partial charge in [-0.25, -0.2) is 0 Å². The van der Waals surface area contributed by atoms with Crippen LogP contribution in [0.15, 0.2) is 42.5 Å². The molecule has 0 fully saturated rings. The minimum atomic E-state index is -4.44. The molecule has 0 saturated carbocycles. The van der Waals surface area contributed by atoms with Gasteiger partial charge in [-0.2, -0.15) is 13.2 Å². The van der Waals surface area contributed by atoms with E-state index in [1.807, 2.05) is 0 Å². The van der Waals surface area contributed by atoms with Crippen molar-refractivity contribution in [2.45, 2.75) is 6.18 Å². The molecule has 0 N–H and O–H groups in total. The van der Waals surface area contributed by atoms with Crippen LogP contribution in [0, 0.1) is 0 Å². The van der Waals surface area contributed by atoms with Crippen molar-refractivity contribution in [2.24, 2.45) is 0 Å². The molecular weight excluding hydrogens is 372 g/mol. The van der Waals surface area contributed by atoms with Crippen molar-refractivity contribution in [3.8, 4) is 0 Å². The van der Waals surface area contributed by atoms with Crippen LogP contribution in [0.25, 0.3) is 6.08 Å². The molecule has 0 aliphatic heterocycles. The summed E-state index contributed by atoms with van der Waals surface area (Å²) in [5.74, 6) is -0.494. The van der Waals surface area contributed by atoms with Gasteiger partial charge in [-0.1, -0.05) is 53.0 Å². The van der Waals surface area contributed by atoms with Gasteiger partial charge in [0.25, 0.3) is 0 Å². The van der Waals surface area contributed by atoms with Crippen LogP contribution in [0.2, 0.25) is 15.1 Å². The van der Waals surface area contributed by atoms with Crippen molar-refractivity contribution in [3.63, 3.8) is 0 Å². The first-order chi connectivity index (χ1) is 10.7. The fourth-order valence-electron chi connectivity index (χ4n) is 1.80. The Morgan fingerprint density at radius 1 is 1.00 bits per heavy atom. The van der Waals surface area contributed by atoms with E-state index in [0.29, 0.717) is 0 Å². The van der Waals surface area contributed by atoms with Gasteiger partial charge in [0, 0.05) is 5.56 Å². The topological polar surface area (TPSA) is 17.1 Å². The molecule has 0 amide bonds. The third kappa shape index (κ3) is 4.28. The summed E-state index contributed by atoms with van der Waals surface area (Å²) < 4.78 is 37.9. The van der Waals surface area contributed by atoms with E-state index in [1.54, 1.807) is 0 Å². The molecule has 0 heterocycles. The maximum atomic E-state index is 12.6. The molecule has 0 spiro atoms. The summed E-state index contributed by atoms with van der Waals surface area (Å²) in [5.41, 5.74) is -0.437. The van der Waals surface area contributed by atoms with Crippen molar-refractivity contribution < 1.29 is 18.0 Å². The lowest BCUT2D eigenvalue weighted by molar-refractivity contribution is -0.137. The van der Waals surface area contributed by atoms with E-state index in [-0.39, 0.29) is 26.2 Å². The average molecular weight is 380 g/mol. The minimum absolute atomic E-state index is 0.00198. The lowest BCUT2D eigenvalue weighted by atomic mass is 10.1. The van der Waals surface area contributed by atoms with E-state index in [0.717, 1.165) is 18.2 Å². The van der Waals surface area contributed by atoms with E-state index in [4.69, 9.17) is 34.8 Å². The van der Waals surface area contributed by atoms with Crippen LogP contribution in [0.5, 0.6) is 0 Å². The Morgan fingerprint density at radius 2 is 1.70 bits per heavy atom. The number of rotatable bonds is 3. The van der Waals surface area contributed by atoms with E-state index >= 15 is 0 Å². The molecule has 1 nitrogen and oxygen atoms in total. The molecule has 0 aliphatic carbocycles. The second-order valence-corrected chi connectivity index (χ2v) is 5.71. The molecule has 0 bridgehead atoms. The molecule has 0 radical (unpaired) electrons. The Morgan fingerprint density at radius 3 is 2.35 bits per heavy atom. The van der Waals surface area contributed by atoms with Crippen LogP contribution in [0.3, 0.4) is 0 Å². The van der Waals surface area contributed by atoms with Gasteiger partial charge in [0.05, 0.1) is 20.6 Å². The number of benzene rings is 2. The molecule has 0 unspecified atom stereocenters. The summed E-state index contributed by atoms with van der Waals surface area (Å²) >= 11 is 17.6. The predicted octanol–water partition coefficient (Wildman–Crippen LogP) is 6.56. The van der Waals surface area contributed by atoms with Crippen molar-refractivity contribution >= 4 is 46.7 Å². The quantitative estimate of drug-likeness (QED) is 0.335. The second kappa shape index (κ2) is 6.95. The highest BCUT2D eigenvalue weighted by Gasteiger charge is 2.30. The third-order valence-corrected chi connectivity index (χ3v) is 4.24. The highest BCUT2D eigenvalue weighted by molar-refractivity contribution is 6.49. The largest absolute Gasteiger partial charge is 0.416 e. The first-order valence-electron chi connectivity index (χ1n) is 6.23. The fraction of sp³-hybridized carbons (Fsp3) is 0.0625. The molecule has 0 aliphatic rings. The number of hydrogen-bond donors (Lipinski definition) is 0. The molecule has 120 valence electrons. The van der Waals surface area contributed by atoms with Gasteiger partial charge in [0.1, 0.15) is 0 Å². The SMILES string of the molecule is O=C(C=Cc1cccc(C(F)(F)F)c1)c1ccc(Cl)c(Cl)c1Cl. The van der Waals surface area contributed by atoms with Crippen LogP contribution in [-0.4, -0.2) is 5.78 Å². The normalized spacial score (nSPS) is 11.9. The summed E-state index contributed by atoms with van der Waals surface area (Å²) in [4.78, 5) is 12.1. The molecule has 2 rings (SSSR count). The number of carbonyl (C=O) groups excluding carboxylic acids is 1. The lowest BCUT2D eigenvalue weighted by Gasteiger charge is -2.07. The van der Waals surface area contributed by atoms with Gasteiger partial charge < -0.3 is 0 Å². The first-order valence-corrected chi connectivity index (χ1v) is 7.36. The van der Waals surface area contributed by atoms with E-state index in [1.165, 1.54) is 30.3 Å². The van der Waals surface area contributed by atoms with E-state index < -0.39 is 17.5 Å². The highest BCUT2D eigenvalue weighted by Crippen LogP contribution is 2.33. The summed E-state index contributed by atoms with van der Waals surface area (Å²) in [5, 5.41) is 0.250. The predicted molar refractivity (Wildman–Crippen MR) is 86.3 cm³/mol. The Balaban J connectivity index is 2.27. The summed E-state index contributed by atoms with van der Waals surface area (Å²) in [6, 6.07) is 7.43. The third-order valence-electron chi connectivity index (χ3n) is 2.94. The monoisotopic (exact) mass is 378 g/mol. The number of allylic oxidation sites excluding steroid dienone is 1. The van der Waals surface area contributed by atoms with Crippen molar-refractivity contribution in [1.82, 2.24) is 0 Å². The standard InChI is InChI=1S/C16H8Cl3F3O/c17-12-6-5-11(14(18)15(12)19)13(23)7-4-9-2-1-3-10(8-9)16(20,21)22/h1-8H. The zero-order chi connectivity index (χ0) is 17.2. The second-order valence-electron chi connectivity index (χ2n) is 4.54. The van der Waals surface area contributed by atoms with Gasteiger partial charge in [0.15, 0.2) is 5.78 Å². The number of carbonyl (C=O) groups is 1. The molecular formula is C16H8Cl3F3O. The van der Waals surface area contributed by atoms with Crippen molar-refractivity contribution in [1.29, 1.82) is 0 Å². The van der Waals surface area contributed by atoms with Crippen LogP contribution in [-0.2, 0) is 6.18 Å². The maximum absolute atomic E-state index is 12.6. The number of hydrogen-bond acceptors (Lipinski definition) is 1. The van der Waals surface area contributed by atoms with E-state index in [2.05, 4.69) is 0 Å². The fourth-order valence-corrected chi connectivity index (χ4v) is 2.43. The zero-order valence-corrected chi connectivity index (χ0v) is 13.6. The molecule has 7 heteroatoms. The zero-order valence-electron chi connectivity index (χ0n) is 11.3. The van der Waals surface area contributed by atoms with Crippen LogP contribution in [0.4, 0.5) is 13.2 Å². The average Bonchev–Trinajstić information content (AvgIpc) is 2.50. The van der Waals surface area contributed by atoms with Gasteiger partial charge in [0.2, 0.25) is 0 Å². The Kier molecular flexibility index (Phi) is 5.40. The molecule has 0 saturated heterocycles. The molecule has 2 aromatic carbocycles. The van der Waals surface area contributed by atoms with Crippen LogP contribution in [0.1, 0.15) is 21.5 Å². The first kappa shape index (κ1) is 17.9. The number of halogens is 6. The van der Waals surface area contributed by atoms with Crippen LogP contribution < -0.4 is 0 Å². The minimum Gasteiger partial charge on any atom is -0.289 e. The highest BCUT2D eigenvalue weighted by atomic mass is 35.5. The van der Waals surface area contributed by atoms with Crippen LogP contribution >= 0.6 is 34.8 Å². The Bertz CT molecular complexity index is 783. The summed E-state index contributed by atoms with van der Waals surface area (Å²) in [6.45, 7) is 0. The van der Waals surface area contributed by atoms with E-state index in [9.17, 15) is 18.0 Å². The van der Waals surface area contributed by atoms with Gasteiger partial charge in [-0.15, -0.1) is 0 Å². The Hall–Kier alpha value is -1.49. The van der Waals surface area contributed by atoms with Crippen molar-refractivity contribution in [2.75, 3.05) is 0 Å². The van der Waals surface area contributed by atoms with Gasteiger partial charge in [-0.05, 0) is 35.9 Å². The maximum Gasteiger partial charge on any atom is 0.416 e. The number of ketones is 1. The van der Waals surface area contributed by atoms with Crippen molar-refractivity contribution in [3.05, 3.63) is 74.2 Å². The smallest absolute Gasteiger partial charge is 0.289 e. The van der Waals surface area contributed by atoms with Gasteiger partial charge >= 0.3 is 6.18 Å². The molecule has 0 aromatic heterocycles. The lowest BCUT2D eigenvalue weighted by Crippen LogP contribution is -2.04. The molecule has 0 atom stereocenters. The molecule has 2 aromatic rings. The summed E-state index contributed by atoms with van der Waals surface area (Å²) in [6.07, 6.45) is -2.04.